The van der Waals surface area contributed by atoms with Gasteiger partial charge < -0.3 is 20.3 Å². The molecule has 2 aliphatic rings. The molecule has 0 radical (unpaired) electrons. The number of piperidine rings is 1. The van der Waals surface area contributed by atoms with E-state index < -0.39 is 11.9 Å². The van der Waals surface area contributed by atoms with Gasteiger partial charge in [0.1, 0.15) is 23.4 Å². The van der Waals surface area contributed by atoms with E-state index >= 15 is 0 Å². The number of anilines is 1. The fraction of sp³-hybridized carbons (Fsp3) is 0.393. The molecule has 3 heterocycles. The molecule has 10 heteroatoms. The van der Waals surface area contributed by atoms with E-state index in [1.54, 1.807) is 19.1 Å². The molecule has 0 bridgehead atoms. The number of nitrogens with two attached hydrogens (primary N) is 1. The molecule has 0 saturated carbocycles. The zero-order valence-electron chi connectivity index (χ0n) is 21.2. The number of hydrogen-bond acceptors (Lipinski definition) is 6. The first-order valence-corrected chi connectivity index (χ1v) is 13.6. The summed E-state index contributed by atoms with van der Waals surface area (Å²) < 4.78 is 19.9. The van der Waals surface area contributed by atoms with Crippen LogP contribution in [-0.4, -0.2) is 57.9 Å². The van der Waals surface area contributed by atoms with Crippen molar-refractivity contribution in [3.05, 3.63) is 69.6 Å². The molecule has 1 amide bonds. The zero-order valence-corrected chi connectivity index (χ0v) is 22.7. The number of hydrogen-bond donors (Lipinski definition) is 1. The maximum absolute atomic E-state index is 14.0. The molecule has 2 fully saturated rings. The quantitative estimate of drug-likeness (QED) is 0.373. The predicted octanol–water partition coefficient (Wildman–Crippen LogP) is 6.01. The minimum Gasteiger partial charge on any atom is -0.469 e. The van der Waals surface area contributed by atoms with Gasteiger partial charge in [0.25, 0.3) is 5.91 Å². The van der Waals surface area contributed by atoms with Gasteiger partial charge in [-0.05, 0) is 70.0 Å². The number of ether oxygens (including phenoxy) is 1. The van der Waals surface area contributed by atoms with Crippen LogP contribution < -0.4 is 10.5 Å². The average molecular weight is 558 g/mol. The number of likely N-dealkylation sites (tertiary alicyclic amines) is 2. The maximum Gasteiger partial charge on any atom is 0.253 e. The molecule has 3 aromatic rings. The highest BCUT2D eigenvalue weighted by atomic mass is 35.5. The number of rotatable bonds is 6. The zero-order chi connectivity index (χ0) is 26.8. The normalized spacial score (nSPS) is 17.5. The van der Waals surface area contributed by atoms with Gasteiger partial charge in [0, 0.05) is 40.8 Å². The van der Waals surface area contributed by atoms with Gasteiger partial charge in [-0.15, -0.1) is 0 Å². The molecule has 38 heavy (non-hydrogen) atoms. The van der Waals surface area contributed by atoms with Crippen molar-refractivity contribution < 1.29 is 13.9 Å². The lowest BCUT2D eigenvalue weighted by Gasteiger charge is -2.36. The van der Waals surface area contributed by atoms with E-state index in [2.05, 4.69) is 14.9 Å². The van der Waals surface area contributed by atoms with Crippen molar-refractivity contribution in [2.45, 2.75) is 44.8 Å². The minimum atomic E-state index is -0.701. The molecule has 200 valence electrons. The topological polar surface area (TPSA) is 84.6 Å². The second kappa shape index (κ2) is 11.4. The first-order chi connectivity index (χ1) is 18.3. The highest BCUT2D eigenvalue weighted by molar-refractivity contribution is 6.36. The van der Waals surface area contributed by atoms with Crippen molar-refractivity contribution in [3.8, 4) is 17.1 Å². The smallest absolute Gasteiger partial charge is 0.253 e. The minimum absolute atomic E-state index is 0.00494. The van der Waals surface area contributed by atoms with Gasteiger partial charge in [0.15, 0.2) is 0 Å². The fourth-order valence-electron chi connectivity index (χ4n) is 5.33. The first-order valence-electron chi connectivity index (χ1n) is 12.9. The lowest BCUT2D eigenvalue weighted by molar-refractivity contribution is 0.0644. The summed E-state index contributed by atoms with van der Waals surface area (Å²) in [6, 6.07) is 10.4. The van der Waals surface area contributed by atoms with Crippen molar-refractivity contribution in [2.24, 2.45) is 0 Å². The number of amides is 1. The molecule has 2 aromatic carbocycles. The Morgan fingerprint density at radius 1 is 1.13 bits per heavy atom. The van der Waals surface area contributed by atoms with E-state index in [1.807, 2.05) is 17.0 Å². The van der Waals surface area contributed by atoms with Crippen LogP contribution in [0, 0.1) is 5.82 Å². The lowest BCUT2D eigenvalue weighted by Crippen LogP contribution is -2.45. The Hall–Kier alpha value is -2.94. The molecule has 1 aromatic heterocycles. The molecule has 2 saturated heterocycles. The molecule has 0 aliphatic carbocycles. The van der Waals surface area contributed by atoms with E-state index in [1.165, 1.54) is 44.3 Å². The van der Waals surface area contributed by atoms with E-state index in [0.717, 1.165) is 25.9 Å². The Morgan fingerprint density at radius 2 is 1.87 bits per heavy atom. The van der Waals surface area contributed by atoms with E-state index in [0.29, 0.717) is 28.4 Å². The molecular weight excluding hydrogens is 528 g/mol. The van der Waals surface area contributed by atoms with Gasteiger partial charge in [0.2, 0.25) is 5.88 Å². The lowest BCUT2D eigenvalue weighted by atomic mass is 10.0. The number of benzene rings is 2. The molecule has 7 nitrogen and oxygen atoms in total. The Bertz CT molecular complexity index is 1330. The Kier molecular flexibility index (Phi) is 8.02. The van der Waals surface area contributed by atoms with Crippen LogP contribution in [-0.2, 0) is 0 Å². The maximum atomic E-state index is 14.0. The largest absolute Gasteiger partial charge is 0.469 e. The van der Waals surface area contributed by atoms with Gasteiger partial charge in [-0.3, -0.25) is 4.79 Å². The molecule has 1 unspecified atom stereocenters. The fourth-order valence-corrected chi connectivity index (χ4v) is 6.01. The van der Waals surface area contributed by atoms with Gasteiger partial charge in [-0.2, -0.15) is 0 Å². The van der Waals surface area contributed by atoms with Crippen LogP contribution in [0.4, 0.5) is 10.2 Å². The molecular formula is C28H30Cl2FN5O2. The van der Waals surface area contributed by atoms with Crippen LogP contribution in [0.15, 0.2) is 42.6 Å². The summed E-state index contributed by atoms with van der Waals surface area (Å²) in [5.41, 5.74) is 8.07. The van der Waals surface area contributed by atoms with Crippen LogP contribution >= 0.6 is 23.2 Å². The third kappa shape index (κ3) is 5.58. The van der Waals surface area contributed by atoms with E-state index in [-0.39, 0.29) is 27.7 Å². The summed E-state index contributed by atoms with van der Waals surface area (Å²) in [5, 5.41) is 0.174. The third-order valence-corrected chi connectivity index (χ3v) is 8.07. The molecule has 2 aliphatic heterocycles. The number of carbonyl (C=O) groups is 1. The summed E-state index contributed by atoms with van der Waals surface area (Å²) >= 11 is 12.4. The van der Waals surface area contributed by atoms with Crippen molar-refractivity contribution in [1.82, 2.24) is 19.8 Å². The Labute approximate surface area is 231 Å². The van der Waals surface area contributed by atoms with Crippen molar-refractivity contribution >= 4 is 34.9 Å². The van der Waals surface area contributed by atoms with Gasteiger partial charge >= 0.3 is 0 Å². The van der Waals surface area contributed by atoms with Gasteiger partial charge in [0.05, 0.1) is 11.2 Å². The van der Waals surface area contributed by atoms with Gasteiger partial charge in [-0.1, -0.05) is 35.3 Å². The van der Waals surface area contributed by atoms with Crippen molar-refractivity contribution in [3.63, 3.8) is 0 Å². The number of carbonyl (C=O) groups excluding carboxylic acids is 1. The molecule has 1 atom stereocenters. The number of nitrogens with zero attached hydrogens (tertiary/aromatic N) is 4. The predicted molar refractivity (Wildman–Crippen MR) is 147 cm³/mol. The van der Waals surface area contributed by atoms with Crippen LogP contribution in [0.1, 0.15) is 54.6 Å². The summed E-state index contributed by atoms with van der Waals surface area (Å²) in [5.74, 6) is -0.233. The monoisotopic (exact) mass is 557 g/mol. The van der Waals surface area contributed by atoms with Crippen molar-refractivity contribution in [2.75, 3.05) is 31.9 Å². The van der Waals surface area contributed by atoms with E-state index in [4.69, 9.17) is 33.7 Å². The van der Waals surface area contributed by atoms with Crippen LogP contribution in [0.25, 0.3) is 11.3 Å². The Morgan fingerprint density at radius 3 is 2.61 bits per heavy atom. The number of nitrogen functional groups attached to an aromatic ring is 1. The van der Waals surface area contributed by atoms with E-state index in [9.17, 15) is 9.18 Å². The molecule has 2 N–H and O–H groups in total. The van der Waals surface area contributed by atoms with Crippen molar-refractivity contribution in [1.29, 1.82) is 0 Å². The second-order valence-corrected chi connectivity index (χ2v) is 10.6. The first kappa shape index (κ1) is 26.7. The highest BCUT2D eigenvalue weighted by Gasteiger charge is 2.29. The van der Waals surface area contributed by atoms with Crippen LogP contribution in [0.2, 0.25) is 10.0 Å². The Balaban J connectivity index is 1.32. The third-order valence-electron chi connectivity index (χ3n) is 7.35. The number of aromatic nitrogens is 2. The average Bonchev–Trinajstić information content (AvgIpc) is 3.47. The summed E-state index contributed by atoms with van der Waals surface area (Å²) in [4.78, 5) is 26.6. The van der Waals surface area contributed by atoms with Crippen LogP contribution in [0.3, 0.4) is 0 Å². The second-order valence-electron chi connectivity index (χ2n) is 9.81. The number of halogens is 3. The SMILES string of the molecule is CC(Oc1cnc(N)c(-c2cccc(C(=O)N3CCC(N4CCCC4)CC3)c2)n1)c1c(Cl)ccc(F)c1Cl. The molecule has 5 rings (SSSR count). The van der Waals surface area contributed by atoms with Crippen LogP contribution in [0.5, 0.6) is 5.88 Å². The standard InChI is InChI=1S/C28H30Cl2FN5O2/c1-17(24-21(29)7-8-22(31)25(24)30)38-23-16-33-27(32)26(34-23)18-5-4-6-19(15-18)28(37)36-13-9-20(10-14-36)35-11-2-3-12-35/h4-8,15-17,20H,2-3,9-14H2,1H3,(H2,32,33). The summed E-state index contributed by atoms with van der Waals surface area (Å²) in [6.07, 6.45) is 5.23. The highest BCUT2D eigenvalue weighted by Crippen LogP contribution is 2.35. The summed E-state index contributed by atoms with van der Waals surface area (Å²) in [6.45, 7) is 5.54. The summed E-state index contributed by atoms with van der Waals surface area (Å²) in [7, 11) is 0. The molecule has 0 spiro atoms. The van der Waals surface area contributed by atoms with Gasteiger partial charge in [-0.25, -0.2) is 14.4 Å².